The molecule has 1 aliphatic heterocycles. The van der Waals surface area contributed by atoms with Gasteiger partial charge in [0.15, 0.2) is 0 Å². The summed E-state index contributed by atoms with van der Waals surface area (Å²) in [6, 6.07) is 1.93. The molecule has 1 aromatic heterocycles. The second-order valence-electron chi connectivity index (χ2n) is 7.63. The normalized spacial score (nSPS) is 20.4. The Kier molecular flexibility index (Phi) is 5.59. The Balaban J connectivity index is 1.77. The molecule has 1 saturated carbocycles. The molecule has 13 heteroatoms. The van der Waals surface area contributed by atoms with E-state index < -0.39 is 46.2 Å². The van der Waals surface area contributed by atoms with E-state index >= 15 is 0 Å². The molecular weight excluding hydrogens is 474 g/mol. The van der Waals surface area contributed by atoms with Gasteiger partial charge < -0.3 is 14.6 Å². The third-order valence-corrected chi connectivity index (χ3v) is 5.75. The topological polar surface area (TPSA) is 103 Å². The van der Waals surface area contributed by atoms with Gasteiger partial charge in [0.25, 0.3) is 5.56 Å². The van der Waals surface area contributed by atoms with Crippen LogP contribution in [0, 0.1) is 11.7 Å². The Morgan fingerprint density at radius 3 is 2.61 bits per heavy atom. The van der Waals surface area contributed by atoms with Gasteiger partial charge in [-0.05, 0) is 31.9 Å². The van der Waals surface area contributed by atoms with E-state index in [4.69, 9.17) is 21.2 Å². The largest absolute Gasteiger partial charge is 0.463 e. The first kappa shape index (κ1) is 23.0. The van der Waals surface area contributed by atoms with Crippen molar-refractivity contribution >= 4 is 23.3 Å². The fraction of sp³-hybridized carbons (Fsp3) is 0.400. The molecule has 2 aliphatic rings. The number of aromatic nitrogens is 2. The highest BCUT2D eigenvalue weighted by molar-refractivity contribution is 6.34. The van der Waals surface area contributed by atoms with Gasteiger partial charge in [0, 0.05) is 24.0 Å². The SMILES string of the molecule is CCOC(=O)C1(C2CC2)CC(c2cc(-n3c(=O)cc(C(F)(F)F)[nH]c3=O)c(F)cc2Cl)=NO1. The number of carbonyl (C=O) groups excluding carboxylic acids is 1. The van der Waals surface area contributed by atoms with Crippen LogP contribution in [-0.2, 0) is 20.5 Å². The predicted octanol–water partition coefficient (Wildman–Crippen LogP) is 3.17. The maximum absolute atomic E-state index is 14.7. The number of benzene rings is 1. The van der Waals surface area contributed by atoms with E-state index in [0.29, 0.717) is 12.8 Å². The van der Waals surface area contributed by atoms with E-state index in [2.05, 4.69) is 5.16 Å². The second kappa shape index (κ2) is 8.01. The van der Waals surface area contributed by atoms with Gasteiger partial charge in [-0.1, -0.05) is 16.8 Å². The molecule has 0 spiro atoms. The predicted molar refractivity (Wildman–Crippen MR) is 107 cm³/mol. The van der Waals surface area contributed by atoms with Gasteiger partial charge >= 0.3 is 17.8 Å². The number of hydrogen-bond acceptors (Lipinski definition) is 6. The van der Waals surface area contributed by atoms with Crippen LogP contribution in [0.2, 0.25) is 5.02 Å². The first-order valence-corrected chi connectivity index (χ1v) is 10.2. The molecule has 2 aromatic rings. The maximum atomic E-state index is 14.7. The lowest BCUT2D eigenvalue weighted by molar-refractivity contribution is -0.172. The quantitative estimate of drug-likeness (QED) is 0.513. The van der Waals surface area contributed by atoms with E-state index in [-0.39, 0.29) is 45.9 Å². The van der Waals surface area contributed by atoms with Crippen LogP contribution in [0.4, 0.5) is 17.6 Å². The number of nitrogens with one attached hydrogen (secondary N) is 1. The van der Waals surface area contributed by atoms with Crippen molar-refractivity contribution < 1.29 is 31.9 Å². The average molecular weight is 490 g/mol. The Labute approximate surface area is 187 Å². The summed E-state index contributed by atoms with van der Waals surface area (Å²) >= 11 is 6.15. The van der Waals surface area contributed by atoms with Crippen LogP contribution in [0.3, 0.4) is 0 Å². The van der Waals surface area contributed by atoms with Crippen molar-refractivity contribution in [2.75, 3.05) is 6.61 Å². The minimum absolute atomic E-state index is 0.0473. The Morgan fingerprint density at radius 2 is 2.03 bits per heavy atom. The van der Waals surface area contributed by atoms with Crippen LogP contribution < -0.4 is 11.2 Å². The molecule has 0 bridgehead atoms. The van der Waals surface area contributed by atoms with Gasteiger partial charge in [0.1, 0.15) is 11.5 Å². The van der Waals surface area contributed by atoms with Crippen molar-refractivity contribution in [1.82, 2.24) is 9.55 Å². The third kappa shape index (κ3) is 4.03. The fourth-order valence-corrected chi connectivity index (χ4v) is 3.96. The van der Waals surface area contributed by atoms with E-state index in [1.54, 1.807) is 6.92 Å². The second-order valence-corrected chi connectivity index (χ2v) is 8.04. The summed E-state index contributed by atoms with van der Waals surface area (Å²) in [5, 5.41) is 3.77. The Morgan fingerprint density at radius 1 is 1.33 bits per heavy atom. The molecule has 33 heavy (non-hydrogen) atoms. The van der Waals surface area contributed by atoms with Crippen LogP contribution in [0.1, 0.15) is 37.4 Å². The molecule has 1 atom stereocenters. The third-order valence-electron chi connectivity index (χ3n) is 5.43. The molecule has 1 aliphatic carbocycles. The van der Waals surface area contributed by atoms with Crippen molar-refractivity contribution in [3.05, 3.63) is 61.1 Å². The smallest absolute Gasteiger partial charge is 0.431 e. The van der Waals surface area contributed by atoms with E-state index in [9.17, 15) is 31.9 Å². The Hall–Kier alpha value is -3.15. The summed E-state index contributed by atoms with van der Waals surface area (Å²) < 4.78 is 58.6. The molecule has 0 saturated heterocycles. The van der Waals surface area contributed by atoms with E-state index in [1.165, 1.54) is 4.98 Å². The minimum Gasteiger partial charge on any atom is -0.463 e. The van der Waals surface area contributed by atoms with Crippen molar-refractivity contribution in [2.24, 2.45) is 11.1 Å². The number of alkyl halides is 3. The number of nitrogens with zero attached hydrogens (tertiary/aromatic N) is 2. The number of halogens is 5. The zero-order chi connectivity index (χ0) is 24.1. The van der Waals surface area contributed by atoms with Gasteiger partial charge in [-0.2, -0.15) is 13.2 Å². The molecule has 1 unspecified atom stereocenters. The molecule has 2 heterocycles. The molecule has 0 radical (unpaired) electrons. The summed E-state index contributed by atoms with van der Waals surface area (Å²) in [4.78, 5) is 44.1. The van der Waals surface area contributed by atoms with Gasteiger partial charge in [0.2, 0.25) is 5.60 Å². The van der Waals surface area contributed by atoms with Gasteiger partial charge in [-0.25, -0.2) is 18.5 Å². The number of oxime groups is 1. The van der Waals surface area contributed by atoms with Gasteiger partial charge in [-0.3, -0.25) is 4.79 Å². The fourth-order valence-electron chi connectivity index (χ4n) is 3.70. The number of aromatic amines is 1. The number of esters is 1. The highest BCUT2D eigenvalue weighted by Gasteiger charge is 2.58. The average Bonchev–Trinajstić information content (AvgIpc) is 3.48. The zero-order valence-electron chi connectivity index (χ0n) is 17.0. The highest BCUT2D eigenvalue weighted by atomic mass is 35.5. The monoisotopic (exact) mass is 489 g/mol. The summed E-state index contributed by atoms with van der Waals surface area (Å²) in [6.45, 7) is 1.75. The number of rotatable bonds is 5. The van der Waals surface area contributed by atoms with Crippen LogP contribution in [0.5, 0.6) is 0 Å². The van der Waals surface area contributed by atoms with Crippen LogP contribution in [0.25, 0.3) is 5.69 Å². The van der Waals surface area contributed by atoms with Crippen molar-refractivity contribution in [3.63, 3.8) is 0 Å². The number of hydrogen-bond donors (Lipinski definition) is 1. The number of H-pyrrole nitrogens is 1. The lowest BCUT2D eigenvalue weighted by Gasteiger charge is -2.23. The summed E-state index contributed by atoms with van der Waals surface area (Å²) in [7, 11) is 0. The van der Waals surface area contributed by atoms with Crippen LogP contribution >= 0.6 is 11.6 Å². The summed E-state index contributed by atoms with van der Waals surface area (Å²) in [5.74, 6) is -1.88. The van der Waals surface area contributed by atoms with Crippen LogP contribution in [-0.4, -0.2) is 33.4 Å². The molecule has 176 valence electrons. The van der Waals surface area contributed by atoms with E-state index in [1.807, 2.05) is 0 Å². The van der Waals surface area contributed by atoms with Crippen molar-refractivity contribution in [3.8, 4) is 5.69 Å². The zero-order valence-corrected chi connectivity index (χ0v) is 17.7. The van der Waals surface area contributed by atoms with Crippen molar-refractivity contribution in [2.45, 2.75) is 38.0 Å². The Bertz CT molecular complexity index is 1250. The lowest BCUT2D eigenvalue weighted by Crippen LogP contribution is -2.43. The van der Waals surface area contributed by atoms with Crippen molar-refractivity contribution in [1.29, 1.82) is 0 Å². The molecule has 0 amide bonds. The van der Waals surface area contributed by atoms with E-state index in [0.717, 1.165) is 12.1 Å². The molecule has 1 fully saturated rings. The number of ether oxygens (including phenoxy) is 1. The number of carbonyl (C=O) groups is 1. The first-order chi connectivity index (χ1) is 15.5. The molecule has 1 N–H and O–H groups in total. The first-order valence-electron chi connectivity index (χ1n) is 9.83. The summed E-state index contributed by atoms with van der Waals surface area (Å²) in [5.41, 5.74) is -6.29. The molecule has 8 nitrogen and oxygen atoms in total. The molecule has 4 rings (SSSR count). The molecule has 1 aromatic carbocycles. The highest BCUT2D eigenvalue weighted by Crippen LogP contribution is 2.48. The lowest BCUT2D eigenvalue weighted by atomic mass is 9.89. The van der Waals surface area contributed by atoms with Crippen LogP contribution in [0.15, 0.2) is 32.9 Å². The maximum Gasteiger partial charge on any atom is 0.431 e. The van der Waals surface area contributed by atoms with Gasteiger partial charge in [-0.15, -0.1) is 0 Å². The van der Waals surface area contributed by atoms with Gasteiger partial charge in [0.05, 0.1) is 23.0 Å². The standard InChI is InChI=1S/C20H16ClF4N3O5/c1-2-32-17(30)19(9-3-4-9)8-13(27-33-19)10-5-14(12(22)6-11(10)21)28-16(29)7-15(20(23,24)25)26-18(28)31/h5-7,9H,2-4,8H2,1H3,(H,26,31). The molecular formula is C20H16ClF4N3O5. The minimum atomic E-state index is -4.98. The summed E-state index contributed by atoms with van der Waals surface area (Å²) in [6.07, 6.45) is -3.61.